The van der Waals surface area contributed by atoms with Crippen LogP contribution in [0.5, 0.6) is 5.75 Å². The second-order valence-corrected chi connectivity index (χ2v) is 10.3. The lowest BCUT2D eigenvalue weighted by molar-refractivity contribution is 0.196. The highest BCUT2D eigenvalue weighted by Gasteiger charge is 2.36. The van der Waals surface area contributed by atoms with Crippen molar-refractivity contribution in [3.63, 3.8) is 0 Å². The van der Waals surface area contributed by atoms with E-state index in [-0.39, 0.29) is 34.7 Å². The van der Waals surface area contributed by atoms with Gasteiger partial charge in [0.05, 0.1) is 6.04 Å². The number of hydrazone groups is 1. The molecule has 3 rings (SSSR count). The second kappa shape index (κ2) is 7.37. The molecule has 2 aliphatic rings. The van der Waals surface area contributed by atoms with Crippen LogP contribution in [0.15, 0.2) is 17.2 Å². The molecule has 7 heteroatoms. The topological polar surface area (TPSA) is 68.7 Å². The van der Waals surface area contributed by atoms with E-state index in [0.29, 0.717) is 12.8 Å². The predicted octanol–water partition coefficient (Wildman–Crippen LogP) is 2.71. The molecular weight excluding hydrogens is 353 g/mol. The number of nitrogens with zero attached hydrogens (tertiary/aromatic N) is 1. The molecule has 1 aromatic rings. The zero-order valence-electron chi connectivity index (χ0n) is 16.0. The number of benzene rings is 1. The normalized spacial score (nSPS) is 27.0. The summed E-state index contributed by atoms with van der Waals surface area (Å²) in [6.45, 7) is 9.82. The number of rotatable bonds is 5. The van der Waals surface area contributed by atoms with Gasteiger partial charge in [0.25, 0.3) is 0 Å². The summed E-state index contributed by atoms with van der Waals surface area (Å²) in [5.41, 5.74) is 4.78. The predicted molar refractivity (Wildman–Crippen MR) is 103 cm³/mol. The van der Waals surface area contributed by atoms with Crippen molar-refractivity contribution in [1.82, 2.24) is 10.1 Å². The van der Waals surface area contributed by atoms with Gasteiger partial charge in [0.1, 0.15) is 22.4 Å². The van der Waals surface area contributed by atoms with E-state index in [9.17, 15) is 8.94 Å². The van der Waals surface area contributed by atoms with E-state index in [0.717, 1.165) is 16.9 Å². The molecule has 0 aliphatic carbocycles. The van der Waals surface area contributed by atoms with E-state index in [1.54, 1.807) is 12.1 Å². The Hall–Kier alpha value is -1.31. The molecule has 2 heterocycles. The number of ether oxygens (including phenoxy) is 1. The minimum atomic E-state index is -1.18. The molecule has 0 saturated heterocycles. The van der Waals surface area contributed by atoms with E-state index >= 15 is 0 Å². The highest BCUT2D eigenvalue weighted by atomic mass is 32.2. The van der Waals surface area contributed by atoms with Crippen LogP contribution >= 0.6 is 0 Å². The van der Waals surface area contributed by atoms with Gasteiger partial charge in [0, 0.05) is 41.5 Å². The summed E-state index contributed by atoms with van der Waals surface area (Å²) >= 11 is -1.18. The Morgan fingerprint density at radius 1 is 1.46 bits per heavy atom. The van der Waals surface area contributed by atoms with Gasteiger partial charge in [-0.25, -0.2) is 4.39 Å². The molecule has 0 amide bonds. The number of nitrogens with one attached hydrogen (secondary N) is 2. The van der Waals surface area contributed by atoms with Gasteiger partial charge in [0.15, 0.2) is 0 Å². The Morgan fingerprint density at radius 3 is 2.81 bits per heavy atom. The number of hydrogen-bond donors (Lipinski definition) is 2. The first-order chi connectivity index (χ1) is 12.1. The number of halogens is 1. The molecule has 2 N–H and O–H groups in total. The summed E-state index contributed by atoms with van der Waals surface area (Å²) < 4.78 is 35.4. The van der Waals surface area contributed by atoms with Crippen LogP contribution in [-0.4, -0.2) is 33.7 Å². The van der Waals surface area contributed by atoms with Crippen molar-refractivity contribution in [1.29, 1.82) is 0 Å². The Bertz CT molecular complexity index is 692. The summed E-state index contributed by atoms with van der Waals surface area (Å²) in [6.07, 6.45) is 3.01. The third-order valence-corrected chi connectivity index (χ3v) is 6.64. The lowest BCUT2D eigenvalue weighted by Crippen LogP contribution is -2.49. The first-order valence-corrected chi connectivity index (χ1v) is 10.2. The van der Waals surface area contributed by atoms with Gasteiger partial charge >= 0.3 is 0 Å². The van der Waals surface area contributed by atoms with Gasteiger partial charge in [-0.3, -0.25) is 0 Å². The van der Waals surface area contributed by atoms with Crippen LogP contribution in [0.25, 0.3) is 0 Å². The Balaban J connectivity index is 1.73. The Labute approximate surface area is 158 Å². The van der Waals surface area contributed by atoms with Gasteiger partial charge in [-0.1, -0.05) is 0 Å². The number of hydrogen-bond acceptors (Lipinski definition) is 5. The fourth-order valence-electron chi connectivity index (χ4n) is 3.24. The van der Waals surface area contributed by atoms with Crippen LogP contribution in [0.1, 0.15) is 45.7 Å². The molecule has 0 fully saturated rings. The fraction of sp³-hybridized carbons (Fsp3) is 0.632. The average Bonchev–Trinajstić information content (AvgIpc) is 3.13. The molecule has 0 radical (unpaired) electrons. The lowest BCUT2D eigenvalue weighted by atomic mass is 9.93. The van der Waals surface area contributed by atoms with Crippen molar-refractivity contribution in [2.75, 3.05) is 0 Å². The minimum Gasteiger partial charge on any atom is -0.598 e. The Kier molecular flexibility index (Phi) is 5.51. The Morgan fingerprint density at radius 2 is 2.19 bits per heavy atom. The van der Waals surface area contributed by atoms with Gasteiger partial charge < -0.3 is 14.7 Å². The molecule has 0 spiro atoms. The molecular formula is C19H28FN3O2S. The largest absolute Gasteiger partial charge is 0.598 e. The van der Waals surface area contributed by atoms with Crippen LogP contribution in [0.4, 0.5) is 4.39 Å². The van der Waals surface area contributed by atoms with Crippen molar-refractivity contribution in [2.24, 2.45) is 11.0 Å². The van der Waals surface area contributed by atoms with Crippen LogP contribution in [0.3, 0.4) is 0 Å². The fourth-order valence-corrected chi connectivity index (χ4v) is 4.08. The summed E-state index contributed by atoms with van der Waals surface area (Å²) in [5, 5.41) is 4.10. The molecule has 5 nitrogen and oxygen atoms in total. The summed E-state index contributed by atoms with van der Waals surface area (Å²) in [4.78, 5) is 0. The molecule has 0 aromatic heterocycles. The van der Waals surface area contributed by atoms with Crippen molar-refractivity contribution < 1.29 is 13.7 Å². The molecule has 0 saturated carbocycles. The van der Waals surface area contributed by atoms with E-state index in [1.807, 2.05) is 33.9 Å². The van der Waals surface area contributed by atoms with Crippen LogP contribution in [0.2, 0.25) is 0 Å². The third kappa shape index (κ3) is 4.15. The van der Waals surface area contributed by atoms with Crippen LogP contribution in [-0.2, 0) is 24.2 Å². The molecule has 0 bridgehead atoms. The van der Waals surface area contributed by atoms with E-state index in [1.165, 1.54) is 0 Å². The first kappa shape index (κ1) is 19.5. The van der Waals surface area contributed by atoms with Crippen molar-refractivity contribution >= 4 is 17.6 Å². The summed E-state index contributed by atoms with van der Waals surface area (Å²) in [7, 11) is 0. The summed E-state index contributed by atoms with van der Waals surface area (Å²) in [6, 6.07) is 3.23. The minimum absolute atomic E-state index is 0.105. The van der Waals surface area contributed by atoms with E-state index in [4.69, 9.17) is 4.74 Å². The third-order valence-electron chi connectivity index (χ3n) is 4.95. The maximum atomic E-state index is 14.1. The molecule has 26 heavy (non-hydrogen) atoms. The van der Waals surface area contributed by atoms with Gasteiger partial charge in [-0.05, 0) is 58.7 Å². The van der Waals surface area contributed by atoms with Gasteiger partial charge in [0.2, 0.25) is 0 Å². The monoisotopic (exact) mass is 381 g/mol. The van der Waals surface area contributed by atoms with Crippen molar-refractivity contribution in [2.45, 2.75) is 70.4 Å². The zero-order chi connectivity index (χ0) is 19.1. The zero-order valence-corrected chi connectivity index (χ0v) is 16.8. The smallest absolute Gasteiger partial charge is 0.136 e. The molecule has 2 aliphatic heterocycles. The highest BCUT2D eigenvalue weighted by molar-refractivity contribution is 7.90. The standard InChI is InChI=1S/C19H28FN3O2S/c1-11-15(10-21-22-11)6-13-7-16(20)8-14-9-17(25-18(13)14)12(2)23-26(24)19(3,4)5/h7-8,10-12,15,17,22-23H,6,9H2,1-5H3/t11-,12?,15?,17?,26?/m1/s1. The van der Waals surface area contributed by atoms with Crippen molar-refractivity contribution in [3.05, 3.63) is 29.1 Å². The lowest BCUT2D eigenvalue weighted by Gasteiger charge is -2.28. The SMILES string of the molecule is CC(N[S+]([O-])C(C)(C)C)C1Cc2cc(F)cc(CC3C=NN[C@@H]3C)c2O1. The van der Waals surface area contributed by atoms with Crippen LogP contribution < -0.4 is 14.9 Å². The van der Waals surface area contributed by atoms with Gasteiger partial charge in [-0.2, -0.15) is 5.10 Å². The molecule has 5 atom stereocenters. The van der Waals surface area contributed by atoms with Gasteiger partial charge in [-0.15, -0.1) is 4.72 Å². The summed E-state index contributed by atoms with van der Waals surface area (Å²) in [5.74, 6) is 0.754. The number of fused-ring (bicyclic) bond motifs is 1. The second-order valence-electron chi connectivity index (χ2n) is 8.27. The molecule has 144 valence electrons. The maximum Gasteiger partial charge on any atom is 0.136 e. The average molecular weight is 382 g/mol. The van der Waals surface area contributed by atoms with E-state index in [2.05, 4.69) is 22.2 Å². The molecule has 4 unspecified atom stereocenters. The first-order valence-electron chi connectivity index (χ1n) is 9.10. The maximum absolute atomic E-state index is 14.1. The quantitative estimate of drug-likeness (QED) is 0.770. The highest BCUT2D eigenvalue weighted by Crippen LogP contribution is 2.36. The van der Waals surface area contributed by atoms with Crippen LogP contribution in [0, 0.1) is 11.7 Å². The molecule has 1 aromatic carbocycles. The van der Waals surface area contributed by atoms with Crippen molar-refractivity contribution in [3.8, 4) is 5.75 Å². The van der Waals surface area contributed by atoms with E-state index < -0.39 is 11.4 Å².